The van der Waals surface area contributed by atoms with Gasteiger partial charge in [-0.05, 0) is 24.0 Å². The van der Waals surface area contributed by atoms with Crippen LogP contribution in [-0.4, -0.2) is 55.1 Å². The number of likely N-dealkylation sites (tertiary alicyclic amines) is 1. The van der Waals surface area contributed by atoms with Crippen LogP contribution in [0.2, 0.25) is 0 Å². The Labute approximate surface area is 133 Å². The van der Waals surface area contributed by atoms with Crippen molar-refractivity contribution in [3.05, 3.63) is 21.9 Å². The average Bonchev–Trinajstić information content (AvgIpc) is 3.09. The Kier molecular flexibility index (Phi) is 4.69. The Morgan fingerprint density at radius 3 is 2.62 bits per heavy atom. The molecule has 1 atom stereocenters. The van der Waals surface area contributed by atoms with Gasteiger partial charge in [0.05, 0.1) is 0 Å². The summed E-state index contributed by atoms with van der Waals surface area (Å²) in [4.78, 5) is 8.37. The summed E-state index contributed by atoms with van der Waals surface area (Å²) in [6, 6.07) is 5.45. The maximum absolute atomic E-state index is 3.45. The van der Waals surface area contributed by atoms with Gasteiger partial charge in [-0.3, -0.25) is 9.80 Å². The molecule has 2 aliphatic heterocycles. The molecule has 1 unspecified atom stereocenters. The van der Waals surface area contributed by atoms with Gasteiger partial charge in [0.2, 0.25) is 0 Å². The molecule has 0 spiro atoms. The molecule has 0 amide bonds. The zero-order valence-corrected chi connectivity index (χ0v) is 14.5. The molecule has 1 aromatic heterocycles. The minimum Gasteiger partial charge on any atom is -0.314 e. The van der Waals surface area contributed by atoms with Crippen LogP contribution in [0, 0.1) is 0 Å². The van der Waals surface area contributed by atoms with E-state index in [0.29, 0.717) is 0 Å². The summed E-state index contributed by atoms with van der Waals surface area (Å²) < 4.78 is 0. The number of rotatable bonds is 3. The molecule has 3 heterocycles. The lowest BCUT2D eigenvalue weighted by Gasteiger charge is -2.32. The molecule has 0 aliphatic carbocycles. The van der Waals surface area contributed by atoms with Gasteiger partial charge in [-0.15, -0.1) is 11.3 Å². The van der Waals surface area contributed by atoms with Gasteiger partial charge < -0.3 is 5.32 Å². The van der Waals surface area contributed by atoms with E-state index in [1.54, 1.807) is 0 Å². The second-order valence-corrected chi connectivity index (χ2v) is 8.65. The highest BCUT2D eigenvalue weighted by molar-refractivity contribution is 7.12. The molecule has 1 aromatic rings. The summed E-state index contributed by atoms with van der Waals surface area (Å²) in [6.07, 6.45) is 1.34. The van der Waals surface area contributed by atoms with Crippen LogP contribution >= 0.6 is 11.3 Å². The van der Waals surface area contributed by atoms with Crippen molar-refractivity contribution in [2.24, 2.45) is 0 Å². The van der Waals surface area contributed by atoms with Gasteiger partial charge in [-0.2, -0.15) is 0 Å². The average molecular weight is 308 g/mol. The van der Waals surface area contributed by atoms with E-state index in [1.807, 2.05) is 11.3 Å². The first-order chi connectivity index (χ1) is 10.0. The second kappa shape index (κ2) is 6.37. The molecule has 3 nitrogen and oxygen atoms in total. The molecule has 3 rings (SSSR count). The smallest absolute Gasteiger partial charge is 0.0328 e. The lowest BCUT2D eigenvalue weighted by atomic mass is 9.95. The summed E-state index contributed by atoms with van der Waals surface area (Å²) >= 11 is 2.00. The van der Waals surface area contributed by atoms with Crippen LogP contribution in [0.15, 0.2) is 12.1 Å². The van der Waals surface area contributed by atoms with Crippen molar-refractivity contribution in [3.8, 4) is 0 Å². The highest BCUT2D eigenvalue weighted by Crippen LogP contribution is 2.30. The Hall–Kier alpha value is -0.420. The first-order valence-corrected chi connectivity index (χ1v) is 9.10. The zero-order chi connectivity index (χ0) is 14.9. The van der Waals surface area contributed by atoms with Crippen molar-refractivity contribution in [1.29, 1.82) is 0 Å². The lowest BCUT2D eigenvalue weighted by Crippen LogP contribution is -2.49. The fraction of sp³-hybridized carbons (Fsp3) is 0.765. The Balaban J connectivity index is 1.53. The fourth-order valence-electron chi connectivity index (χ4n) is 3.39. The fourth-order valence-corrected chi connectivity index (χ4v) is 4.50. The topological polar surface area (TPSA) is 18.5 Å². The third-order valence-corrected chi connectivity index (χ3v) is 6.19. The van der Waals surface area contributed by atoms with E-state index < -0.39 is 0 Å². The number of thiophene rings is 1. The highest BCUT2D eigenvalue weighted by Gasteiger charge is 2.28. The lowest BCUT2D eigenvalue weighted by molar-refractivity contribution is 0.170. The van der Waals surface area contributed by atoms with Crippen molar-refractivity contribution < 1.29 is 0 Å². The minimum absolute atomic E-state index is 0.289. The summed E-state index contributed by atoms with van der Waals surface area (Å²) in [5.41, 5.74) is 0.289. The minimum atomic E-state index is 0.289. The van der Waals surface area contributed by atoms with Gasteiger partial charge in [0.1, 0.15) is 0 Å². The number of nitrogens with one attached hydrogen (secondary N) is 1. The van der Waals surface area contributed by atoms with Crippen molar-refractivity contribution in [1.82, 2.24) is 15.1 Å². The van der Waals surface area contributed by atoms with Gasteiger partial charge in [-0.1, -0.05) is 20.8 Å². The summed E-state index contributed by atoms with van der Waals surface area (Å²) in [5.74, 6) is 0. The molecule has 0 aromatic carbocycles. The maximum Gasteiger partial charge on any atom is 0.0328 e. The van der Waals surface area contributed by atoms with Gasteiger partial charge in [0.25, 0.3) is 0 Å². The van der Waals surface area contributed by atoms with E-state index in [0.717, 1.165) is 25.7 Å². The van der Waals surface area contributed by atoms with Crippen molar-refractivity contribution in [2.75, 3.05) is 39.3 Å². The summed E-state index contributed by atoms with van der Waals surface area (Å²) in [7, 11) is 0. The zero-order valence-electron chi connectivity index (χ0n) is 13.7. The van der Waals surface area contributed by atoms with E-state index in [1.165, 1.54) is 42.4 Å². The van der Waals surface area contributed by atoms with Gasteiger partial charge >= 0.3 is 0 Å². The Morgan fingerprint density at radius 1 is 1.19 bits per heavy atom. The van der Waals surface area contributed by atoms with Crippen molar-refractivity contribution in [3.63, 3.8) is 0 Å². The van der Waals surface area contributed by atoms with E-state index in [-0.39, 0.29) is 5.41 Å². The molecular formula is C17H29N3S. The maximum atomic E-state index is 3.45. The predicted octanol–water partition coefficient (Wildman–Crippen LogP) is 2.53. The first-order valence-electron chi connectivity index (χ1n) is 8.29. The monoisotopic (exact) mass is 307 g/mol. The number of hydrogen-bond acceptors (Lipinski definition) is 4. The van der Waals surface area contributed by atoms with E-state index in [4.69, 9.17) is 0 Å². The normalized spacial score (nSPS) is 25.6. The van der Waals surface area contributed by atoms with Gasteiger partial charge in [-0.25, -0.2) is 0 Å². The van der Waals surface area contributed by atoms with Crippen LogP contribution < -0.4 is 5.32 Å². The largest absolute Gasteiger partial charge is 0.314 e. The van der Waals surface area contributed by atoms with Crippen molar-refractivity contribution >= 4 is 11.3 Å². The first kappa shape index (κ1) is 15.5. The molecular weight excluding hydrogens is 278 g/mol. The van der Waals surface area contributed by atoms with E-state index in [9.17, 15) is 0 Å². The molecule has 0 saturated carbocycles. The summed E-state index contributed by atoms with van der Waals surface area (Å²) in [5, 5.41) is 3.45. The van der Waals surface area contributed by atoms with Crippen molar-refractivity contribution in [2.45, 2.75) is 45.2 Å². The highest BCUT2D eigenvalue weighted by atomic mass is 32.1. The van der Waals surface area contributed by atoms with E-state index >= 15 is 0 Å². The molecule has 2 aliphatic rings. The SMILES string of the molecule is CC(C)(C)c1ccc(CN2CCC(N3CCNCC3)C2)s1. The summed E-state index contributed by atoms with van der Waals surface area (Å²) in [6.45, 7) is 15.4. The quantitative estimate of drug-likeness (QED) is 0.926. The van der Waals surface area contributed by atoms with Crippen LogP contribution in [0.5, 0.6) is 0 Å². The third kappa shape index (κ3) is 3.86. The Morgan fingerprint density at radius 2 is 1.95 bits per heavy atom. The van der Waals surface area contributed by atoms with Crippen LogP contribution in [-0.2, 0) is 12.0 Å². The molecule has 4 heteroatoms. The molecule has 0 bridgehead atoms. The number of nitrogens with zero attached hydrogens (tertiary/aromatic N) is 2. The van der Waals surface area contributed by atoms with Crippen LogP contribution in [0.1, 0.15) is 36.9 Å². The second-order valence-electron chi connectivity index (χ2n) is 7.48. The van der Waals surface area contributed by atoms with Crippen LogP contribution in [0.4, 0.5) is 0 Å². The third-order valence-electron chi connectivity index (χ3n) is 4.70. The molecule has 118 valence electrons. The molecule has 0 radical (unpaired) electrons. The van der Waals surface area contributed by atoms with Gasteiger partial charge in [0, 0.05) is 61.6 Å². The molecule has 2 saturated heterocycles. The van der Waals surface area contributed by atoms with Crippen LogP contribution in [0.3, 0.4) is 0 Å². The molecule has 21 heavy (non-hydrogen) atoms. The van der Waals surface area contributed by atoms with Crippen LogP contribution in [0.25, 0.3) is 0 Å². The Bertz CT molecular complexity index is 457. The van der Waals surface area contributed by atoms with E-state index in [2.05, 4.69) is 48.0 Å². The number of piperazine rings is 1. The molecule has 2 fully saturated rings. The van der Waals surface area contributed by atoms with Gasteiger partial charge in [0.15, 0.2) is 0 Å². The standard InChI is InChI=1S/C17H29N3S/c1-17(2,3)16-5-4-15(21-16)13-19-9-6-14(12-19)20-10-7-18-8-11-20/h4-5,14,18H,6-13H2,1-3H3. The number of hydrogen-bond donors (Lipinski definition) is 1. The predicted molar refractivity (Wildman–Crippen MR) is 91.1 cm³/mol. The molecule has 1 N–H and O–H groups in total.